The van der Waals surface area contributed by atoms with Crippen molar-refractivity contribution in [3.8, 4) is 0 Å². The molecule has 0 aliphatic carbocycles. The van der Waals surface area contributed by atoms with Crippen LogP contribution in [0.15, 0.2) is 12.1 Å². The van der Waals surface area contributed by atoms with E-state index >= 15 is 0 Å². The number of hydrogen-bond donors (Lipinski definition) is 1. The third kappa shape index (κ3) is 2.69. The van der Waals surface area contributed by atoms with Gasteiger partial charge in [0.15, 0.2) is 5.82 Å². The van der Waals surface area contributed by atoms with Crippen molar-refractivity contribution in [1.82, 2.24) is 10.2 Å². The zero-order valence-electron chi connectivity index (χ0n) is 8.27. The summed E-state index contributed by atoms with van der Waals surface area (Å²) in [6.45, 7) is 4.27. The second-order valence-electron chi connectivity index (χ2n) is 2.94. The fourth-order valence-corrected chi connectivity index (χ4v) is 1.08. The molecule has 1 N–H and O–H groups in total. The van der Waals surface area contributed by atoms with E-state index in [0.717, 1.165) is 5.69 Å². The number of carboxylic acids is 1. The Morgan fingerprint density at radius 2 is 2.21 bits per heavy atom. The van der Waals surface area contributed by atoms with Crippen LogP contribution in [0.25, 0.3) is 0 Å². The Balaban J connectivity index is 2.78. The van der Waals surface area contributed by atoms with E-state index in [-0.39, 0.29) is 6.54 Å². The van der Waals surface area contributed by atoms with Crippen LogP contribution in [0.3, 0.4) is 0 Å². The quantitative estimate of drug-likeness (QED) is 0.765. The Hall–Kier alpha value is -1.65. The zero-order valence-corrected chi connectivity index (χ0v) is 8.27. The molecule has 0 atom stereocenters. The number of carboxylic acid groups (broad SMARTS) is 1. The Morgan fingerprint density at radius 3 is 2.64 bits per heavy atom. The van der Waals surface area contributed by atoms with Gasteiger partial charge in [-0.2, -0.15) is 5.10 Å². The van der Waals surface area contributed by atoms with Crippen molar-refractivity contribution in [3.63, 3.8) is 0 Å². The minimum Gasteiger partial charge on any atom is -0.480 e. The third-order valence-electron chi connectivity index (χ3n) is 1.82. The van der Waals surface area contributed by atoms with Crippen LogP contribution in [0, 0.1) is 6.92 Å². The molecule has 5 nitrogen and oxygen atoms in total. The zero-order chi connectivity index (χ0) is 10.6. The molecule has 0 amide bonds. The standard InChI is InChI=1S/C9H13N3O2/c1-3-12(6-9(13)14)8-5-4-7(2)10-11-8/h4-5H,3,6H2,1-2H3,(H,13,14). The van der Waals surface area contributed by atoms with Crippen molar-refractivity contribution >= 4 is 11.8 Å². The molecule has 0 aliphatic rings. The van der Waals surface area contributed by atoms with Crippen molar-refractivity contribution < 1.29 is 9.90 Å². The number of aliphatic carboxylic acids is 1. The van der Waals surface area contributed by atoms with Crippen molar-refractivity contribution in [1.29, 1.82) is 0 Å². The van der Waals surface area contributed by atoms with Gasteiger partial charge in [0.2, 0.25) is 0 Å². The topological polar surface area (TPSA) is 66.3 Å². The highest BCUT2D eigenvalue weighted by Crippen LogP contribution is 2.08. The van der Waals surface area contributed by atoms with Gasteiger partial charge < -0.3 is 10.0 Å². The lowest BCUT2D eigenvalue weighted by molar-refractivity contribution is -0.135. The first-order valence-electron chi connectivity index (χ1n) is 4.40. The van der Waals surface area contributed by atoms with Crippen LogP contribution in [-0.4, -0.2) is 34.4 Å². The van der Waals surface area contributed by atoms with Crippen LogP contribution in [0.5, 0.6) is 0 Å². The van der Waals surface area contributed by atoms with Crippen molar-refractivity contribution in [2.75, 3.05) is 18.0 Å². The fourth-order valence-electron chi connectivity index (χ4n) is 1.08. The van der Waals surface area contributed by atoms with E-state index in [9.17, 15) is 4.79 Å². The number of rotatable bonds is 4. The summed E-state index contributed by atoms with van der Waals surface area (Å²) in [5.74, 6) is -0.269. The average Bonchev–Trinajstić information content (AvgIpc) is 2.15. The Bertz CT molecular complexity index is 310. The Morgan fingerprint density at radius 1 is 1.50 bits per heavy atom. The number of anilines is 1. The van der Waals surface area contributed by atoms with Gasteiger partial charge in [0.1, 0.15) is 6.54 Å². The highest BCUT2D eigenvalue weighted by atomic mass is 16.4. The Labute approximate surface area is 82.4 Å². The molecule has 0 radical (unpaired) electrons. The van der Waals surface area contributed by atoms with Gasteiger partial charge in [-0.15, -0.1) is 5.10 Å². The van der Waals surface area contributed by atoms with Gasteiger partial charge in [-0.05, 0) is 26.0 Å². The molecule has 0 bridgehead atoms. The molecule has 1 aromatic rings. The first-order chi connectivity index (χ1) is 6.63. The van der Waals surface area contributed by atoms with E-state index in [2.05, 4.69) is 10.2 Å². The molecule has 1 heterocycles. The number of nitrogens with zero attached hydrogens (tertiary/aromatic N) is 3. The summed E-state index contributed by atoms with van der Waals surface area (Å²) >= 11 is 0. The molecular weight excluding hydrogens is 182 g/mol. The monoisotopic (exact) mass is 195 g/mol. The van der Waals surface area contributed by atoms with Crippen molar-refractivity contribution in [2.45, 2.75) is 13.8 Å². The highest BCUT2D eigenvalue weighted by molar-refractivity contribution is 5.73. The molecule has 1 rings (SSSR count). The molecule has 1 aromatic heterocycles. The molecule has 0 fully saturated rings. The van der Waals surface area contributed by atoms with E-state index in [0.29, 0.717) is 12.4 Å². The Kier molecular flexibility index (Phi) is 3.39. The number of hydrogen-bond acceptors (Lipinski definition) is 4. The minimum atomic E-state index is -0.866. The SMILES string of the molecule is CCN(CC(=O)O)c1ccc(C)nn1. The van der Waals surface area contributed by atoms with E-state index in [1.807, 2.05) is 19.9 Å². The first kappa shape index (κ1) is 10.4. The largest absolute Gasteiger partial charge is 0.480 e. The summed E-state index contributed by atoms with van der Waals surface area (Å²) in [7, 11) is 0. The normalized spacial score (nSPS) is 9.86. The summed E-state index contributed by atoms with van der Waals surface area (Å²) in [6, 6.07) is 3.58. The summed E-state index contributed by atoms with van der Waals surface area (Å²) < 4.78 is 0. The van der Waals surface area contributed by atoms with Gasteiger partial charge in [-0.25, -0.2) is 0 Å². The van der Waals surface area contributed by atoms with Crippen LogP contribution in [0.2, 0.25) is 0 Å². The summed E-state index contributed by atoms with van der Waals surface area (Å²) in [6.07, 6.45) is 0. The summed E-state index contributed by atoms with van der Waals surface area (Å²) in [5, 5.41) is 16.4. The maximum atomic E-state index is 10.5. The summed E-state index contributed by atoms with van der Waals surface area (Å²) in [5.41, 5.74) is 0.820. The molecule has 0 spiro atoms. The van der Waals surface area contributed by atoms with E-state index in [1.165, 1.54) is 0 Å². The van der Waals surface area contributed by atoms with Crippen molar-refractivity contribution in [3.05, 3.63) is 17.8 Å². The molecule has 14 heavy (non-hydrogen) atoms. The van der Waals surface area contributed by atoms with Gasteiger partial charge in [0.05, 0.1) is 5.69 Å². The van der Waals surface area contributed by atoms with Gasteiger partial charge in [0, 0.05) is 6.54 Å². The van der Waals surface area contributed by atoms with E-state index in [4.69, 9.17) is 5.11 Å². The predicted molar refractivity (Wildman–Crippen MR) is 52.3 cm³/mol. The van der Waals surface area contributed by atoms with Crippen LogP contribution < -0.4 is 4.90 Å². The van der Waals surface area contributed by atoms with Crippen molar-refractivity contribution in [2.24, 2.45) is 0 Å². The second-order valence-corrected chi connectivity index (χ2v) is 2.94. The lowest BCUT2D eigenvalue weighted by Crippen LogP contribution is -2.30. The van der Waals surface area contributed by atoms with E-state index < -0.39 is 5.97 Å². The first-order valence-corrected chi connectivity index (χ1v) is 4.40. The molecule has 5 heteroatoms. The van der Waals surface area contributed by atoms with E-state index in [1.54, 1.807) is 11.0 Å². The third-order valence-corrected chi connectivity index (χ3v) is 1.82. The lowest BCUT2D eigenvalue weighted by atomic mass is 10.4. The number of likely N-dealkylation sites (N-methyl/N-ethyl adjacent to an activating group) is 1. The second kappa shape index (κ2) is 4.55. The molecule has 76 valence electrons. The maximum Gasteiger partial charge on any atom is 0.323 e. The highest BCUT2D eigenvalue weighted by Gasteiger charge is 2.09. The maximum absolute atomic E-state index is 10.5. The van der Waals surface area contributed by atoms with Crippen LogP contribution in [0.1, 0.15) is 12.6 Å². The average molecular weight is 195 g/mol. The van der Waals surface area contributed by atoms with Gasteiger partial charge in [-0.1, -0.05) is 0 Å². The molecule has 0 aromatic carbocycles. The minimum absolute atomic E-state index is 0.0474. The number of aryl methyl sites for hydroxylation is 1. The van der Waals surface area contributed by atoms with Crippen LogP contribution >= 0.6 is 0 Å². The fraction of sp³-hybridized carbons (Fsp3) is 0.444. The van der Waals surface area contributed by atoms with Gasteiger partial charge in [0.25, 0.3) is 0 Å². The molecule has 0 unspecified atom stereocenters. The predicted octanol–water partition coefficient (Wildman–Crippen LogP) is 0.696. The van der Waals surface area contributed by atoms with Crippen LogP contribution in [-0.2, 0) is 4.79 Å². The van der Waals surface area contributed by atoms with Gasteiger partial charge in [-0.3, -0.25) is 4.79 Å². The number of carbonyl (C=O) groups is 1. The van der Waals surface area contributed by atoms with Crippen LogP contribution in [0.4, 0.5) is 5.82 Å². The van der Waals surface area contributed by atoms with Gasteiger partial charge >= 0.3 is 5.97 Å². The number of aromatic nitrogens is 2. The molecule has 0 saturated carbocycles. The smallest absolute Gasteiger partial charge is 0.323 e. The molecule has 0 aliphatic heterocycles. The molecular formula is C9H13N3O2. The molecule has 0 saturated heterocycles. The summed E-state index contributed by atoms with van der Waals surface area (Å²) in [4.78, 5) is 12.2. The lowest BCUT2D eigenvalue weighted by Gasteiger charge is -2.18.